The molecular formula is C33H24F3NS. The predicted octanol–water partition coefficient (Wildman–Crippen LogP) is 10.1. The first kappa shape index (κ1) is 25.4. The Hall–Kier alpha value is -4.22. The van der Waals surface area contributed by atoms with Crippen molar-refractivity contribution in [3.05, 3.63) is 139 Å². The number of alkyl halides is 3. The Labute approximate surface area is 224 Å². The van der Waals surface area contributed by atoms with Crippen molar-refractivity contribution in [2.24, 2.45) is 0 Å². The van der Waals surface area contributed by atoms with Crippen molar-refractivity contribution in [3.8, 4) is 33.4 Å². The second kappa shape index (κ2) is 10.6. The third-order valence-electron chi connectivity index (χ3n) is 6.30. The molecular weight excluding hydrogens is 499 g/mol. The molecule has 188 valence electrons. The van der Waals surface area contributed by atoms with Gasteiger partial charge in [-0.2, -0.15) is 13.2 Å². The highest BCUT2D eigenvalue weighted by molar-refractivity contribution is 8.08. The molecule has 0 spiro atoms. The second-order valence-corrected chi connectivity index (χ2v) is 10.0. The number of nitrogen functional groups attached to an aromatic ring is 1. The quantitative estimate of drug-likeness (QED) is 0.177. The molecule has 0 atom stereocenters. The van der Waals surface area contributed by atoms with Crippen molar-refractivity contribution >= 4 is 22.4 Å². The van der Waals surface area contributed by atoms with Gasteiger partial charge >= 0.3 is 6.18 Å². The lowest BCUT2D eigenvalue weighted by Gasteiger charge is -2.11. The summed E-state index contributed by atoms with van der Waals surface area (Å²) in [5, 5.41) is 0. The Morgan fingerprint density at radius 1 is 0.579 bits per heavy atom. The highest BCUT2D eigenvalue weighted by Crippen LogP contribution is 2.37. The number of anilines is 1. The van der Waals surface area contributed by atoms with Gasteiger partial charge in [0.2, 0.25) is 0 Å². The first-order valence-corrected chi connectivity index (χ1v) is 12.8. The van der Waals surface area contributed by atoms with Crippen LogP contribution in [-0.2, 0) is 6.18 Å². The van der Waals surface area contributed by atoms with Crippen molar-refractivity contribution in [1.29, 1.82) is 0 Å². The molecule has 0 aliphatic carbocycles. The van der Waals surface area contributed by atoms with Crippen LogP contribution in [0.4, 0.5) is 18.9 Å². The van der Waals surface area contributed by atoms with Gasteiger partial charge in [-0.05, 0) is 69.3 Å². The highest BCUT2D eigenvalue weighted by atomic mass is 32.2. The Balaban J connectivity index is 1.34. The molecule has 0 saturated carbocycles. The Bertz CT molecular complexity index is 1590. The number of hydrogen-bond acceptors (Lipinski definition) is 2. The van der Waals surface area contributed by atoms with E-state index in [1.807, 2.05) is 60.7 Å². The molecule has 0 aliphatic heterocycles. The number of thioether (sulfide) groups is 1. The van der Waals surface area contributed by atoms with Gasteiger partial charge in [-0.15, -0.1) is 0 Å². The van der Waals surface area contributed by atoms with Crippen LogP contribution in [0.2, 0.25) is 0 Å². The minimum absolute atomic E-state index is 0.537. The SMILES string of the molecule is C=C(Sc1ccccc1N)c1ccc(-c2cccc(-c3ccc(-c4cccc(C(F)(F)F)c4)cc3)c2)cc1. The molecule has 0 bridgehead atoms. The molecule has 0 radical (unpaired) electrons. The summed E-state index contributed by atoms with van der Waals surface area (Å²) in [6.07, 6.45) is -4.36. The zero-order valence-corrected chi connectivity index (χ0v) is 21.2. The molecule has 5 heteroatoms. The summed E-state index contributed by atoms with van der Waals surface area (Å²) in [4.78, 5) is 1.90. The Morgan fingerprint density at radius 2 is 1.08 bits per heavy atom. The third-order valence-corrected chi connectivity index (χ3v) is 7.37. The zero-order valence-electron chi connectivity index (χ0n) is 20.4. The number of nitrogens with two attached hydrogens (primary N) is 1. The maximum Gasteiger partial charge on any atom is 0.416 e. The maximum absolute atomic E-state index is 13.1. The Morgan fingerprint density at radius 3 is 1.63 bits per heavy atom. The fourth-order valence-electron chi connectivity index (χ4n) is 4.22. The van der Waals surface area contributed by atoms with Gasteiger partial charge in [-0.3, -0.25) is 0 Å². The van der Waals surface area contributed by atoms with Crippen LogP contribution < -0.4 is 5.73 Å². The van der Waals surface area contributed by atoms with E-state index in [1.165, 1.54) is 12.1 Å². The average Bonchev–Trinajstić information content (AvgIpc) is 2.94. The van der Waals surface area contributed by atoms with Crippen molar-refractivity contribution in [1.82, 2.24) is 0 Å². The number of para-hydroxylation sites is 1. The topological polar surface area (TPSA) is 26.0 Å². The lowest BCUT2D eigenvalue weighted by Crippen LogP contribution is -2.04. The first-order valence-electron chi connectivity index (χ1n) is 12.0. The summed E-state index contributed by atoms with van der Waals surface area (Å²) in [6.45, 7) is 4.21. The number of hydrogen-bond donors (Lipinski definition) is 1. The number of benzene rings is 5. The van der Waals surface area contributed by atoms with Crippen molar-refractivity contribution in [2.75, 3.05) is 5.73 Å². The van der Waals surface area contributed by atoms with Gasteiger partial charge in [-0.25, -0.2) is 0 Å². The van der Waals surface area contributed by atoms with Gasteiger partial charge in [0.25, 0.3) is 0 Å². The van der Waals surface area contributed by atoms with E-state index in [-0.39, 0.29) is 0 Å². The van der Waals surface area contributed by atoms with Crippen LogP contribution in [0.25, 0.3) is 38.3 Å². The van der Waals surface area contributed by atoms with E-state index in [0.29, 0.717) is 5.56 Å². The van der Waals surface area contributed by atoms with E-state index in [2.05, 4.69) is 43.0 Å². The summed E-state index contributed by atoms with van der Waals surface area (Å²) in [5.41, 5.74) is 12.6. The van der Waals surface area contributed by atoms with E-state index in [9.17, 15) is 13.2 Å². The molecule has 0 unspecified atom stereocenters. The van der Waals surface area contributed by atoms with E-state index in [1.54, 1.807) is 17.8 Å². The molecule has 0 heterocycles. The second-order valence-electron chi connectivity index (χ2n) is 8.88. The summed E-state index contributed by atoms with van der Waals surface area (Å²) >= 11 is 1.55. The van der Waals surface area contributed by atoms with Crippen LogP contribution in [0, 0.1) is 0 Å². The largest absolute Gasteiger partial charge is 0.416 e. The van der Waals surface area contributed by atoms with Crippen LogP contribution in [-0.4, -0.2) is 0 Å². The number of rotatable bonds is 6. The fraction of sp³-hybridized carbons (Fsp3) is 0.0303. The molecule has 5 aromatic rings. The van der Waals surface area contributed by atoms with Crippen LogP contribution in [0.5, 0.6) is 0 Å². The third kappa shape index (κ3) is 5.68. The van der Waals surface area contributed by atoms with Crippen molar-refractivity contribution < 1.29 is 13.2 Å². The standard InChI is InChI=1S/C33H24F3NS/c1-22(38-32-11-3-2-10-31(32)37)23-12-14-24(15-13-23)27-6-4-7-28(20-27)25-16-18-26(19-17-25)29-8-5-9-30(21-29)33(34,35)36/h2-21H,1,37H2. The molecule has 5 rings (SSSR count). The monoisotopic (exact) mass is 523 g/mol. The highest BCUT2D eigenvalue weighted by Gasteiger charge is 2.30. The first-order chi connectivity index (χ1) is 18.3. The summed E-state index contributed by atoms with van der Waals surface area (Å²) in [5.74, 6) is 0. The normalized spacial score (nSPS) is 11.3. The van der Waals surface area contributed by atoms with Crippen LogP contribution in [0.3, 0.4) is 0 Å². The van der Waals surface area contributed by atoms with Crippen LogP contribution in [0.1, 0.15) is 11.1 Å². The molecule has 0 fully saturated rings. The lowest BCUT2D eigenvalue weighted by atomic mass is 9.96. The Kier molecular flexibility index (Phi) is 7.12. The molecule has 0 aromatic heterocycles. The minimum atomic E-state index is -4.36. The lowest BCUT2D eigenvalue weighted by molar-refractivity contribution is -0.137. The van der Waals surface area contributed by atoms with Gasteiger partial charge in [0, 0.05) is 15.5 Å². The summed E-state index contributed by atoms with van der Waals surface area (Å²) in [6, 6.07) is 37.2. The zero-order chi connectivity index (χ0) is 26.7. The molecule has 38 heavy (non-hydrogen) atoms. The van der Waals surface area contributed by atoms with E-state index < -0.39 is 11.7 Å². The summed E-state index contributed by atoms with van der Waals surface area (Å²) < 4.78 is 39.3. The van der Waals surface area contributed by atoms with Gasteiger partial charge in [0.15, 0.2) is 0 Å². The molecule has 0 aliphatic rings. The van der Waals surface area contributed by atoms with Crippen molar-refractivity contribution in [3.63, 3.8) is 0 Å². The van der Waals surface area contributed by atoms with Crippen LogP contribution in [0.15, 0.2) is 133 Å². The number of halogens is 3. The molecule has 5 aromatic carbocycles. The molecule has 1 nitrogen and oxygen atoms in total. The smallest absolute Gasteiger partial charge is 0.398 e. The van der Waals surface area contributed by atoms with Crippen LogP contribution >= 0.6 is 11.8 Å². The van der Waals surface area contributed by atoms with E-state index in [4.69, 9.17) is 5.73 Å². The van der Waals surface area contributed by atoms with Gasteiger partial charge in [0.05, 0.1) is 5.56 Å². The molecule has 2 N–H and O–H groups in total. The molecule has 0 saturated heterocycles. The summed E-state index contributed by atoms with van der Waals surface area (Å²) in [7, 11) is 0. The fourth-order valence-corrected chi connectivity index (χ4v) is 5.07. The minimum Gasteiger partial charge on any atom is -0.398 e. The van der Waals surface area contributed by atoms with Gasteiger partial charge < -0.3 is 5.73 Å². The predicted molar refractivity (Wildman–Crippen MR) is 153 cm³/mol. The maximum atomic E-state index is 13.1. The van der Waals surface area contributed by atoms with E-state index >= 15 is 0 Å². The molecule has 0 amide bonds. The van der Waals surface area contributed by atoms with Gasteiger partial charge in [-0.1, -0.05) is 109 Å². The van der Waals surface area contributed by atoms with Crippen molar-refractivity contribution in [2.45, 2.75) is 11.1 Å². The average molecular weight is 524 g/mol. The van der Waals surface area contributed by atoms with E-state index in [0.717, 1.165) is 54.9 Å². The van der Waals surface area contributed by atoms with Gasteiger partial charge in [0.1, 0.15) is 0 Å².